The molecule has 3 heterocycles. The van der Waals surface area contributed by atoms with Gasteiger partial charge in [0.15, 0.2) is 0 Å². The Labute approximate surface area is 174 Å². The number of benzene rings is 1. The first-order valence-electron chi connectivity index (χ1n) is 10.2. The van der Waals surface area contributed by atoms with Crippen molar-refractivity contribution in [3.63, 3.8) is 0 Å². The van der Waals surface area contributed by atoms with Gasteiger partial charge in [-0.1, -0.05) is 29.8 Å². The normalized spacial score (nSPS) is 16.1. The third kappa shape index (κ3) is 3.40. The maximum absolute atomic E-state index is 13.1. The lowest BCUT2D eigenvalue weighted by atomic mass is 9.91. The quantitative estimate of drug-likeness (QED) is 0.638. The number of hydrogen-bond acceptors (Lipinski definition) is 4. The maximum atomic E-state index is 13.1. The zero-order valence-electron chi connectivity index (χ0n) is 16.5. The van der Waals surface area contributed by atoms with E-state index >= 15 is 0 Å². The third-order valence-electron chi connectivity index (χ3n) is 5.66. The summed E-state index contributed by atoms with van der Waals surface area (Å²) < 4.78 is 0. The Kier molecular flexibility index (Phi) is 4.76. The molecule has 0 radical (unpaired) electrons. The van der Waals surface area contributed by atoms with Crippen LogP contribution in [0.2, 0.25) is 0 Å². The lowest BCUT2D eigenvalue weighted by Gasteiger charge is -2.21. The highest BCUT2D eigenvalue weighted by Crippen LogP contribution is 2.43. The highest BCUT2D eigenvalue weighted by molar-refractivity contribution is 7.17. The summed E-state index contributed by atoms with van der Waals surface area (Å²) in [5.41, 5.74) is 6.92. The molecule has 1 aromatic carbocycles. The summed E-state index contributed by atoms with van der Waals surface area (Å²) in [6.07, 6.45) is 8.20. The Morgan fingerprint density at radius 1 is 1.14 bits per heavy atom. The Bertz CT molecular complexity index is 1100. The molecule has 0 saturated carbocycles. The van der Waals surface area contributed by atoms with Gasteiger partial charge in [0.25, 0.3) is 0 Å². The lowest BCUT2D eigenvalue weighted by Crippen LogP contribution is -2.31. The molecule has 4 nitrogen and oxygen atoms in total. The number of thiophene rings is 1. The number of rotatable bonds is 3. The number of aromatic nitrogens is 1. The molecule has 5 rings (SSSR count). The van der Waals surface area contributed by atoms with Crippen molar-refractivity contribution in [2.24, 2.45) is 4.99 Å². The molecular weight excluding hydrogens is 378 g/mol. The summed E-state index contributed by atoms with van der Waals surface area (Å²) in [7, 11) is 0. The molecule has 0 spiro atoms. The zero-order chi connectivity index (χ0) is 19.8. The summed E-state index contributed by atoms with van der Waals surface area (Å²) in [5.74, 6) is 0.0522. The van der Waals surface area contributed by atoms with Gasteiger partial charge in [0.2, 0.25) is 5.91 Å². The van der Waals surface area contributed by atoms with Crippen LogP contribution in [-0.4, -0.2) is 23.1 Å². The second-order valence-corrected chi connectivity index (χ2v) is 8.85. The highest BCUT2D eigenvalue weighted by Gasteiger charge is 2.32. The van der Waals surface area contributed by atoms with Gasteiger partial charge < -0.3 is 0 Å². The van der Waals surface area contributed by atoms with E-state index in [4.69, 9.17) is 4.99 Å². The lowest BCUT2D eigenvalue weighted by molar-refractivity contribution is -0.117. The maximum Gasteiger partial charge on any atom is 0.249 e. The highest BCUT2D eigenvalue weighted by atomic mass is 32.1. The monoisotopic (exact) mass is 401 g/mol. The van der Waals surface area contributed by atoms with Gasteiger partial charge in [-0.2, -0.15) is 0 Å². The summed E-state index contributed by atoms with van der Waals surface area (Å²) in [6.45, 7) is 2.82. The van der Waals surface area contributed by atoms with E-state index in [9.17, 15) is 4.79 Å². The van der Waals surface area contributed by atoms with Crippen LogP contribution in [0.25, 0.3) is 0 Å². The minimum Gasteiger partial charge on any atom is -0.297 e. The minimum absolute atomic E-state index is 0.0522. The van der Waals surface area contributed by atoms with Crippen molar-refractivity contribution in [2.45, 2.75) is 39.2 Å². The van der Waals surface area contributed by atoms with Crippen molar-refractivity contribution in [1.29, 1.82) is 0 Å². The van der Waals surface area contributed by atoms with E-state index in [2.05, 4.69) is 36.2 Å². The fourth-order valence-electron chi connectivity index (χ4n) is 4.27. The molecule has 0 fully saturated rings. The van der Waals surface area contributed by atoms with E-state index in [1.165, 1.54) is 34.4 Å². The molecule has 0 unspecified atom stereocenters. The predicted molar refractivity (Wildman–Crippen MR) is 118 cm³/mol. The van der Waals surface area contributed by atoms with Gasteiger partial charge >= 0.3 is 0 Å². The molecule has 1 amide bonds. The van der Waals surface area contributed by atoms with E-state index in [-0.39, 0.29) is 12.5 Å². The number of hydrogen-bond donors (Lipinski definition) is 0. The van der Waals surface area contributed by atoms with E-state index < -0.39 is 0 Å². The Morgan fingerprint density at radius 2 is 2.03 bits per heavy atom. The van der Waals surface area contributed by atoms with Crippen molar-refractivity contribution >= 4 is 28.0 Å². The number of aryl methyl sites for hydroxylation is 2. The number of amides is 1. The molecule has 0 atom stereocenters. The van der Waals surface area contributed by atoms with Crippen molar-refractivity contribution in [1.82, 2.24) is 4.98 Å². The Hall–Kier alpha value is -2.79. The van der Waals surface area contributed by atoms with Crippen molar-refractivity contribution in [2.75, 3.05) is 11.4 Å². The van der Waals surface area contributed by atoms with Gasteiger partial charge in [-0.3, -0.25) is 19.7 Å². The number of nitrogens with zero attached hydrogens (tertiary/aromatic N) is 3. The van der Waals surface area contributed by atoms with Crippen LogP contribution in [0.15, 0.2) is 53.8 Å². The number of carbonyl (C=O) groups excluding carboxylic acids is 1. The molecule has 2 aromatic heterocycles. The second kappa shape index (κ2) is 7.56. The van der Waals surface area contributed by atoms with Crippen molar-refractivity contribution < 1.29 is 4.79 Å². The zero-order valence-corrected chi connectivity index (χ0v) is 17.3. The van der Waals surface area contributed by atoms with Crippen molar-refractivity contribution in [3.8, 4) is 0 Å². The Morgan fingerprint density at radius 3 is 2.86 bits per heavy atom. The van der Waals surface area contributed by atoms with Gasteiger partial charge in [-0.25, -0.2) is 0 Å². The molecule has 0 N–H and O–H groups in total. The van der Waals surface area contributed by atoms with Crippen LogP contribution in [0, 0.1) is 6.92 Å². The van der Waals surface area contributed by atoms with Gasteiger partial charge in [-0.15, -0.1) is 11.3 Å². The fraction of sp³-hybridized carbons (Fsp3) is 0.292. The Balaban J connectivity index is 1.67. The van der Waals surface area contributed by atoms with Crippen LogP contribution in [-0.2, 0) is 24.2 Å². The van der Waals surface area contributed by atoms with Gasteiger partial charge in [0.05, 0.1) is 12.3 Å². The smallest absolute Gasteiger partial charge is 0.249 e. The third-order valence-corrected chi connectivity index (χ3v) is 6.98. The molecule has 1 aliphatic carbocycles. The van der Waals surface area contributed by atoms with E-state index in [0.29, 0.717) is 6.54 Å². The van der Waals surface area contributed by atoms with Crippen LogP contribution in [0.1, 0.15) is 45.5 Å². The van der Waals surface area contributed by atoms with E-state index in [1.807, 2.05) is 23.2 Å². The average Bonchev–Trinajstić information content (AvgIpc) is 3.06. The molecule has 0 saturated heterocycles. The topological polar surface area (TPSA) is 45.6 Å². The van der Waals surface area contributed by atoms with Crippen molar-refractivity contribution in [3.05, 3.63) is 81.5 Å². The van der Waals surface area contributed by atoms with E-state index in [0.717, 1.165) is 34.7 Å². The minimum atomic E-state index is 0.0522. The van der Waals surface area contributed by atoms with Crippen LogP contribution in [0.5, 0.6) is 0 Å². The largest absolute Gasteiger partial charge is 0.297 e. The van der Waals surface area contributed by atoms with Gasteiger partial charge in [-0.05, 0) is 55.9 Å². The number of carbonyl (C=O) groups is 1. The summed E-state index contributed by atoms with van der Waals surface area (Å²) >= 11 is 1.79. The summed E-state index contributed by atoms with van der Waals surface area (Å²) in [6, 6.07) is 12.4. The first-order chi connectivity index (χ1) is 14.2. The number of anilines is 1. The number of aliphatic imine (C=N–C) groups is 1. The summed E-state index contributed by atoms with van der Waals surface area (Å²) in [5, 5.41) is 1.06. The number of pyridine rings is 1. The standard InChI is InChI=1S/C24H23N3OS/c1-16-6-4-8-18(12-16)23-22-19-9-2-3-10-20(19)29-24(22)27(21(28)14-26-23)15-17-7-5-11-25-13-17/h4-8,11-13H,2-3,9-10,14-15H2,1H3. The average molecular weight is 402 g/mol. The molecule has 146 valence electrons. The van der Waals surface area contributed by atoms with Crippen LogP contribution in [0.4, 0.5) is 5.00 Å². The molecule has 1 aliphatic heterocycles. The molecule has 29 heavy (non-hydrogen) atoms. The molecular formula is C24H23N3OS. The number of fused-ring (bicyclic) bond motifs is 3. The van der Waals surface area contributed by atoms with Gasteiger partial charge in [0, 0.05) is 28.4 Å². The van der Waals surface area contributed by atoms with Gasteiger partial charge in [0.1, 0.15) is 11.5 Å². The first-order valence-corrected chi connectivity index (χ1v) is 11.0. The fourth-order valence-corrected chi connectivity index (χ4v) is 5.68. The SMILES string of the molecule is Cc1cccc(C2=NCC(=O)N(Cc3cccnc3)c3sc4c(c32)CCCC4)c1. The summed E-state index contributed by atoms with van der Waals surface area (Å²) in [4.78, 5) is 25.6. The van der Waals surface area contributed by atoms with Crippen LogP contribution in [0.3, 0.4) is 0 Å². The molecule has 5 heteroatoms. The second-order valence-electron chi connectivity index (χ2n) is 7.77. The predicted octanol–water partition coefficient (Wildman–Crippen LogP) is 4.71. The van der Waals surface area contributed by atoms with Crippen LogP contribution < -0.4 is 4.90 Å². The molecule has 3 aromatic rings. The molecule has 2 aliphatic rings. The van der Waals surface area contributed by atoms with E-state index in [1.54, 1.807) is 17.5 Å². The molecule has 0 bridgehead atoms. The van der Waals surface area contributed by atoms with Crippen LogP contribution >= 0.6 is 11.3 Å². The first kappa shape index (κ1) is 18.3.